The van der Waals surface area contributed by atoms with E-state index in [1.54, 1.807) is 0 Å². The van der Waals surface area contributed by atoms with E-state index >= 15 is 0 Å². The Balaban J connectivity index is 2.29. The summed E-state index contributed by atoms with van der Waals surface area (Å²) >= 11 is 0. The predicted molar refractivity (Wildman–Crippen MR) is 85.7 cm³/mol. The second kappa shape index (κ2) is 9.77. The standard InChI is InChI=1S/C17H36N2/c1-5-8-17-9-7-12-19(13-10-17)16(4)14-15(3)18-11-6-2/h15-18H,5-14H2,1-4H3. The highest BCUT2D eigenvalue weighted by molar-refractivity contribution is 4.77. The van der Waals surface area contributed by atoms with Gasteiger partial charge in [0.1, 0.15) is 0 Å². The Hall–Kier alpha value is -0.0800. The highest BCUT2D eigenvalue weighted by Gasteiger charge is 2.21. The van der Waals surface area contributed by atoms with Crippen molar-refractivity contribution >= 4 is 0 Å². The Morgan fingerprint density at radius 1 is 1.11 bits per heavy atom. The van der Waals surface area contributed by atoms with Crippen molar-refractivity contribution in [3.05, 3.63) is 0 Å². The lowest BCUT2D eigenvalue weighted by Crippen LogP contribution is -2.39. The lowest BCUT2D eigenvalue weighted by Gasteiger charge is -2.30. The van der Waals surface area contributed by atoms with E-state index < -0.39 is 0 Å². The number of rotatable bonds is 8. The van der Waals surface area contributed by atoms with Crippen LogP contribution in [0.3, 0.4) is 0 Å². The third-order valence-electron chi connectivity index (χ3n) is 4.64. The molecule has 1 rings (SSSR count). The molecule has 0 aromatic carbocycles. The first-order chi connectivity index (χ1) is 9.17. The van der Waals surface area contributed by atoms with Gasteiger partial charge < -0.3 is 10.2 Å². The first kappa shape index (κ1) is 17.0. The van der Waals surface area contributed by atoms with Crippen LogP contribution in [0.2, 0.25) is 0 Å². The smallest absolute Gasteiger partial charge is 0.00816 e. The second-order valence-corrected chi connectivity index (χ2v) is 6.56. The summed E-state index contributed by atoms with van der Waals surface area (Å²) in [5.41, 5.74) is 0. The molecule has 0 aromatic heterocycles. The Morgan fingerprint density at radius 2 is 1.89 bits per heavy atom. The molecule has 19 heavy (non-hydrogen) atoms. The molecule has 1 N–H and O–H groups in total. The molecule has 0 radical (unpaired) electrons. The van der Waals surface area contributed by atoms with Crippen LogP contribution in [0.15, 0.2) is 0 Å². The summed E-state index contributed by atoms with van der Waals surface area (Å²) in [5.74, 6) is 0.998. The maximum Gasteiger partial charge on any atom is 0.00816 e. The molecule has 1 fully saturated rings. The molecule has 3 unspecified atom stereocenters. The summed E-state index contributed by atoms with van der Waals surface area (Å²) in [6.07, 6.45) is 9.62. The highest BCUT2D eigenvalue weighted by Crippen LogP contribution is 2.23. The van der Waals surface area contributed by atoms with Crippen LogP contribution in [0.25, 0.3) is 0 Å². The van der Waals surface area contributed by atoms with E-state index in [1.807, 2.05) is 0 Å². The van der Waals surface area contributed by atoms with Crippen LogP contribution in [0.4, 0.5) is 0 Å². The van der Waals surface area contributed by atoms with Crippen LogP contribution >= 0.6 is 0 Å². The zero-order valence-electron chi connectivity index (χ0n) is 13.8. The fraction of sp³-hybridized carbons (Fsp3) is 1.00. The Kier molecular flexibility index (Phi) is 8.72. The number of likely N-dealkylation sites (tertiary alicyclic amines) is 1. The molecule has 0 bridgehead atoms. The Labute approximate surface area is 121 Å². The van der Waals surface area contributed by atoms with Crippen LogP contribution in [0, 0.1) is 5.92 Å². The SMILES string of the molecule is CCCNC(C)CC(C)N1CCCC(CCC)CC1. The van der Waals surface area contributed by atoms with E-state index in [1.165, 1.54) is 58.0 Å². The molecule has 1 aliphatic rings. The van der Waals surface area contributed by atoms with E-state index in [-0.39, 0.29) is 0 Å². The van der Waals surface area contributed by atoms with Crippen LogP contribution < -0.4 is 5.32 Å². The topological polar surface area (TPSA) is 15.3 Å². The van der Waals surface area contributed by atoms with Crippen molar-refractivity contribution in [2.75, 3.05) is 19.6 Å². The molecule has 0 spiro atoms. The van der Waals surface area contributed by atoms with Gasteiger partial charge in [0.05, 0.1) is 0 Å². The fourth-order valence-electron chi connectivity index (χ4n) is 3.46. The van der Waals surface area contributed by atoms with Crippen molar-refractivity contribution in [1.82, 2.24) is 10.2 Å². The molecule has 0 amide bonds. The van der Waals surface area contributed by atoms with Crippen LogP contribution in [0.5, 0.6) is 0 Å². The minimum Gasteiger partial charge on any atom is -0.314 e. The van der Waals surface area contributed by atoms with Gasteiger partial charge in [-0.05, 0) is 71.5 Å². The first-order valence-electron chi connectivity index (χ1n) is 8.64. The Morgan fingerprint density at radius 3 is 2.58 bits per heavy atom. The minimum absolute atomic E-state index is 0.657. The van der Waals surface area contributed by atoms with E-state index in [9.17, 15) is 0 Å². The van der Waals surface area contributed by atoms with E-state index in [2.05, 4.69) is 37.9 Å². The van der Waals surface area contributed by atoms with Crippen molar-refractivity contribution in [3.8, 4) is 0 Å². The molecule has 2 nitrogen and oxygen atoms in total. The van der Waals surface area contributed by atoms with Crippen LogP contribution in [-0.2, 0) is 0 Å². The third-order valence-corrected chi connectivity index (χ3v) is 4.64. The molecular formula is C17H36N2. The van der Waals surface area contributed by atoms with Gasteiger partial charge in [-0.1, -0.05) is 26.7 Å². The lowest BCUT2D eigenvalue weighted by atomic mass is 9.96. The van der Waals surface area contributed by atoms with Crippen molar-refractivity contribution in [2.24, 2.45) is 5.92 Å². The number of hydrogen-bond acceptors (Lipinski definition) is 2. The second-order valence-electron chi connectivity index (χ2n) is 6.56. The summed E-state index contributed by atoms with van der Waals surface area (Å²) in [7, 11) is 0. The minimum atomic E-state index is 0.657. The molecule has 0 aromatic rings. The number of nitrogens with zero attached hydrogens (tertiary/aromatic N) is 1. The summed E-state index contributed by atoms with van der Waals surface area (Å²) in [5, 5.41) is 3.62. The molecular weight excluding hydrogens is 232 g/mol. The van der Waals surface area contributed by atoms with Gasteiger partial charge in [0.15, 0.2) is 0 Å². The fourth-order valence-corrected chi connectivity index (χ4v) is 3.46. The number of nitrogens with one attached hydrogen (secondary N) is 1. The summed E-state index contributed by atoms with van der Waals surface area (Å²) < 4.78 is 0. The van der Waals surface area contributed by atoms with Gasteiger partial charge in [-0.2, -0.15) is 0 Å². The van der Waals surface area contributed by atoms with E-state index in [0.29, 0.717) is 6.04 Å². The molecule has 1 heterocycles. The summed E-state index contributed by atoms with van der Waals surface area (Å²) in [4.78, 5) is 2.74. The van der Waals surface area contributed by atoms with Gasteiger partial charge in [0.2, 0.25) is 0 Å². The third kappa shape index (κ3) is 6.76. The average Bonchev–Trinajstić information content (AvgIpc) is 2.62. The van der Waals surface area contributed by atoms with Gasteiger partial charge >= 0.3 is 0 Å². The molecule has 0 aliphatic carbocycles. The monoisotopic (exact) mass is 268 g/mol. The van der Waals surface area contributed by atoms with Crippen molar-refractivity contribution < 1.29 is 0 Å². The molecule has 114 valence electrons. The number of hydrogen-bond donors (Lipinski definition) is 1. The van der Waals surface area contributed by atoms with Crippen molar-refractivity contribution in [2.45, 2.75) is 84.7 Å². The molecule has 1 saturated heterocycles. The van der Waals surface area contributed by atoms with Crippen molar-refractivity contribution in [3.63, 3.8) is 0 Å². The predicted octanol–water partition coefficient (Wildman–Crippen LogP) is 4.06. The average molecular weight is 268 g/mol. The highest BCUT2D eigenvalue weighted by atomic mass is 15.2. The molecule has 2 heteroatoms. The van der Waals surface area contributed by atoms with E-state index in [4.69, 9.17) is 0 Å². The lowest BCUT2D eigenvalue weighted by molar-refractivity contribution is 0.192. The summed E-state index contributed by atoms with van der Waals surface area (Å²) in [6, 6.07) is 1.39. The first-order valence-corrected chi connectivity index (χ1v) is 8.64. The molecule has 3 atom stereocenters. The van der Waals surface area contributed by atoms with E-state index in [0.717, 1.165) is 18.5 Å². The molecule has 1 aliphatic heterocycles. The van der Waals surface area contributed by atoms with Crippen LogP contribution in [-0.4, -0.2) is 36.6 Å². The van der Waals surface area contributed by atoms with Gasteiger partial charge in [-0.3, -0.25) is 0 Å². The summed E-state index contributed by atoms with van der Waals surface area (Å²) in [6.45, 7) is 13.1. The maximum atomic E-state index is 3.62. The normalized spacial score (nSPS) is 24.9. The van der Waals surface area contributed by atoms with Gasteiger partial charge in [0.25, 0.3) is 0 Å². The molecule has 0 saturated carbocycles. The van der Waals surface area contributed by atoms with Gasteiger partial charge in [0, 0.05) is 12.1 Å². The zero-order valence-corrected chi connectivity index (χ0v) is 13.8. The largest absolute Gasteiger partial charge is 0.314 e. The van der Waals surface area contributed by atoms with Gasteiger partial charge in [-0.25, -0.2) is 0 Å². The van der Waals surface area contributed by atoms with Gasteiger partial charge in [-0.15, -0.1) is 0 Å². The zero-order chi connectivity index (χ0) is 14.1. The Bertz CT molecular complexity index is 217. The van der Waals surface area contributed by atoms with Crippen LogP contribution in [0.1, 0.15) is 72.6 Å². The maximum absolute atomic E-state index is 3.62. The van der Waals surface area contributed by atoms with Crippen molar-refractivity contribution in [1.29, 1.82) is 0 Å². The quantitative estimate of drug-likeness (QED) is 0.714.